The maximum Gasteiger partial charge on any atom is 0.284 e. The molecule has 1 saturated heterocycles. The van der Waals surface area contributed by atoms with Crippen LogP contribution in [-0.4, -0.2) is 32.8 Å². The van der Waals surface area contributed by atoms with Gasteiger partial charge in [0.25, 0.3) is 5.91 Å². The summed E-state index contributed by atoms with van der Waals surface area (Å²) in [6, 6.07) is 0.343. The lowest BCUT2D eigenvalue weighted by molar-refractivity contribution is 0.0635. The Kier molecular flexibility index (Phi) is 3.00. The number of aromatic nitrogens is 2. The first kappa shape index (κ1) is 10.5. The zero-order valence-electron chi connectivity index (χ0n) is 9.06. The molecule has 0 aromatic carbocycles. The van der Waals surface area contributed by atoms with Crippen LogP contribution < -0.4 is 0 Å². The van der Waals surface area contributed by atoms with Crippen LogP contribution in [0.15, 0.2) is 0 Å². The summed E-state index contributed by atoms with van der Waals surface area (Å²) in [5.74, 6) is 0.737. The van der Waals surface area contributed by atoms with Crippen molar-refractivity contribution in [3.05, 3.63) is 10.8 Å². The van der Waals surface area contributed by atoms with Crippen LogP contribution in [0.2, 0.25) is 0 Å². The zero-order chi connectivity index (χ0) is 10.8. The van der Waals surface area contributed by atoms with Crippen LogP contribution in [0.25, 0.3) is 0 Å². The summed E-state index contributed by atoms with van der Waals surface area (Å²) in [7, 11) is 0. The van der Waals surface area contributed by atoms with Crippen molar-refractivity contribution in [2.75, 3.05) is 6.54 Å². The van der Waals surface area contributed by atoms with Crippen molar-refractivity contribution in [2.24, 2.45) is 0 Å². The minimum Gasteiger partial charge on any atom is -0.334 e. The molecule has 4 nitrogen and oxygen atoms in total. The highest BCUT2D eigenvalue weighted by atomic mass is 32.1. The van der Waals surface area contributed by atoms with Gasteiger partial charge in [0.1, 0.15) is 5.82 Å². The maximum atomic E-state index is 12.1. The molecule has 1 aliphatic heterocycles. The van der Waals surface area contributed by atoms with Crippen LogP contribution in [0.5, 0.6) is 0 Å². The van der Waals surface area contributed by atoms with Gasteiger partial charge in [0.15, 0.2) is 0 Å². The lowest BCUT2D eigenvalue weighted by atomic mass is 10.0. The first-order valence-electron chi connectivity index (χ1n) is 5.30. The third kappa shape index (κ3) is 2.17. The first-order chi connectivity index (χ1) is 7.18. The highest BCUT2D eigenvalue weighted by Gasteiger charge is 2.26. The molecule has 5 heteroatoms. The van der Waals surface area contributed by atoms with Crippen LogP contribution in [-0.2, 0) is 0 Å². The van der Waals surface area contributed by atoms with E-state index in [4.69, 9.17) is 0 Å². The molecule has 0 bridgehead atoms. The Bertz CT molecular complexity index is 363. The fraction of sp³-hybridized carbons (Fsp3) is 0.700. The molecular formula is C10H15N3OS. The Balaban J connectivity index is 2.13. The van der Waals surface area contributed by atoms with Gasteiger partial charge in [0, 0.05) is 12.6 Å². The summed E-state index contributed by atoms with van der Waals surface area (Å²) in [5, 5.41) is 0.529. The van der Waals surface area contributed by atoms with Gasteiger partial charge in [0.05, 0.1) is 0 Å². The van der Waals surface area contributed by atoms with E-state index < -0.39 is 0 Å². The highest BCUT2D eigenvalue weighted by molar-refractivity contribution is 7.07. The molecule has 15 heavy (non-hydrogen) atoms. The van der Waals surface area contributed by atoms with Crippen LogP contribution in [0.1, 0.15) is 41.8 Å². The Morgan fingerprint density at radius 3 is 2.93 bits per heavy atom. The molecule has 0 aliphatic carbocycles. The molecule has 2 heterocycles. The van der Waals surface area contributed by atoms with E-state index in [0.717, 1.165) is 19.4 Å². The van der Waals surface area contributed by atoms with Crippen molar-refractivity contribution < 1.29 is 4.79 Å². The number of rotatable bonds is 1. The van der Waals surface area contributed by atoms with E-state index in [1.807, 2.05) is 11.8 Å². The fourth-order valence-electron chi connectivity index (χ4n) is 1.91. The fourth-order valence-corrected chi connectivity index (χ4v) is 2.53. The number of aryl methyl sites for hydroxylation is 1. The molecule has 0 saturated carbocycles. The standard InChI is InChI=1S/C10H15N3OS/c1-7-5-3-4-6-13(7)10(14)9-11-8(2)12-15-9/h7H,3-6H2,1-2H3. The van der Waals surface area contributed by atoms with Crippen molar-refractivity contribution >= 4 is 17.4 Å². The lowest BCUT2D eigenvalue weighted by Crippen LogP contribution is -2.41. The molecule has 0 spiro atoms. The predicted molar refractivity (Wildman–Crippen MR) is 59.0 cm³/mol. The summed E-state index contributed by atoms with van der Waals surface area (Å²) in [5.41, 5.74) is 0. The maximum absolute atomic E-state index is 12.1. The normalized spacial score (nSPS) is 21.7. The minimum atomic E-state index is 0.0489. The van der Waals surface area contributed by atoms with Gasteiger partial charge in [-0.25, -0.2) is 4.98 Å². The quantitative estimate of drug-likeness (QED) is 0.733. The minimum absolute atomic E-state index is 0.0489. The molecule has 1 aliphatic rings. The number of carbonyl (C=O) groups excluding carboxylic acids is 1. The van der Waals surface area contributed by atoms with Crippen molar-refractivity contribution in [1.82, 2.24) is 14.3 Å². The van der Waals surface area contributed by atoms with Gasteiger partial charge in [-0.2, -0.15) is 4.37 Å². The molecule has 1 amide bonds. The second-order valence-corrected chi connectivity index (χ2v) is 4.74. The number of hydrogen-bond donors (Lipinski definition) is 0. The largest absolute Gasteiger partial charge is 0.334 e. The molecule has 1 unspecified atom stereocenters. The van der Waals surface area contributed by atoms with Crippen molar-refractivity contribution in [1.29, 1.82) is 0 Å². The van der Waals surface area contributed by atoms with Crippen molar-refractivity contribution in [3.8, 4) is 0 Å². The molecule has 82 valence electrons. The molecular weight excluding hydrogens is 210 g/mol. The van der Waals surface area contributed by atoms with Crippen molar-refractivity contribution in [3.63, 3.8) is 0 Å². The third-order valence-electron chi connectivity index (χ3n) is 2.77. The molecule has 2 rings (SSSR count). The summed E-state index contributed by atoms with van der Waals surface area (Å²) < 4.78 is 4.04. The number of likely N-dealkylation sites (tertiary alicyclic amines) is 1. The topological polar surface area (TPSA) is 46.1 Å². The first-order valence-corrected chi connectivity index (χ1v) is 6.07. The second-order valence-electron chi connectivity index (χ2n) is 3.99. The molecule has 1 aromatic rings. The number of amides is 1. The predicted octanol–water partition coefficient (Wildman–Crippen LogP) is 1.86. The average molecular weight is 225 g/mol. The second kappa shape index (κ2) is 4.26. The molecule has 0 radical (unpaired) electrons. The summed E-state index contributed by atoms with van der Waals surface area (Å²) in [4.78, 5) is 18.1. The van der Waals surface area contributed by atoms with E-state index in [9.17, 15) is 4.79 Å². The molecule has 1 fully saturated rings. The van der Waals surface area contributed by atoms with E-state index in [1.54, 1.807) is 0 Å². The number of piperidine rings is 1. The van der Waals surface area contributed by atoms with E-state index in [1.165, 1.54) is 18.0 Å². The Morgan fingerprint density at radius 2 is 2.33 bits per heavy atom. The smallest absolute Gasteiger partial charge is 0.284 e. The monoisotopic (exact) mass is 225 g/mol. The summed E-state index contributed by atoms with van der Waals surface area (Å²) in [6.45, 7) is 4.77. The van der Waals surface area contributed by atoms with Gasteiger partial charge < -0.3 is 4.90 Å². The Labute approximate surface area is 93.5 Å². The van der Waals surface area contributed by atoms with Gasteiger partial charge >= 0.3 is 0 Å². The zero-order valence-corrected chi connectivity index (χ0v) is 9.88. The Morgan fingerprint density at radius 1 is 1.53 bits per heavy atom. The van der Waals surface area contributed by atoms with Gasteiger partial charge in [-0.3, -0.25) is 4.79 Å². The summed E-state index contributed by atoms with van der Waals surface area (Å²) >= 11 is 1.20. The van der Waals surface area contributed by atoms with E-state index in [2.05, 4.69) is 16.3 Å². The van der Waals surface area contributed by atoms with Gasteiger partial charge in [-0.15, -0.1) is 0 Å². The van der Waals surface area contributed by atoms with Gasteiger partial charge in [0.2, 0.25) is 5.01 Å². The van der Waals surface area contributed by atoms with Crippen LogP contribution in [0.4, 0.5) is 0 Å². The molecule has 1 atom stereocenters. The number of hydrogen-bond acceptors (Lipinski definition) is 4. The summed E-state index contributed by atoms with van der Waals surface area (Å²) in [6.07, 6.45) is 3.43. The molecule has 0 N–H and O–H groups in total. The SMILES string of the molecule is Cc1nsc(C(=O)N2CCCCC2C)n1. The lowest BCUT2D eigenvalue weighted by Gasteiger charge is -2.32. The number of carbonyl (C=O) groups is 1. The van der Waals surface area contributed by atoms with E-state index in [0.29, 0.717) is 16.9 Å². The van der Waals surface area contributed by atoms with Gasteiger partial charge in [-0.05, 0) is 44.6 Å². The van der Waals surface area contributed by atoms with Crippen molar-refractivity contribution in [2.45, 2.75) is 39.2 Å². The van der Waals surface area contributed by atoms with E-state index >= 15 is 0 Å². The van der Waals surface area contributed by atoms with Crippen LogP contribution in [0, 0.1) is 6.92 Å². The Hall–Kier alpha value is -0.970. The number of nitrogens with zero attached hydrogens (tertiary/aromatic N) is 3. The average Bonchev–Trinajstić information content (AvgIpc) is 2.65. The van der Waals surface area contributed by atoms with Crippen LogP contribution in [0.3, 0.4) is 0 Å². The highest BCUT2D eigenvalue weighted by Crippen LogP contribution is 2.19. The van der Waals surface area contributed by atoms with Gasteiger partial charge in [-0.1, -0.05) is 0 Å². The van der Waals surface area contributed by atoms with E-state index in [-0.39, 0.29) is 5.91 Å². The third-order valence-corrected chi connectivity index (χ3v) is 3.57. The molecule has 1 aromatic heterocycles. The van der Waals surface area contributed by atoms with Crippen LogP contribution >= 0.6 is 11.5 Å².